The van der Waals surface area contributed by atoms with E-state index in [0.717, 1.165) is 36.0 Å². The van der Waals surface area contributed by atoms with Crippen molar-refractivity contribution in [3.8, 4) is 11.5 Å². The number of benzene rings is 2. The molecule has 0 bridgehead atoms. The fourth-order valence-corrected chi connectivity index (χ4v) is 3.28. The molecular weight excluding hydrogens is 340 g/mol. The quantitative estimate of drug-likeness (QED) is 0.663. The molecule has 2 aromatic rings. The van der Waals surface area contributed by atoms with Gasteiger partial charge < -0.3 is 19.7 Å². The molecule has 1 N–H and O–H groups in total. The first-order valence-corrected chi connectivity index (χ1v) is 9.76. The molecule has 0 spiro atoms. The van der Waals surface area contributed by atoms with Gasteiger partial charge in [-0.15, -0.1) is 0 Å². The third kappa shape index (κ3) is 5.39. The highest BCUT2D eigenvalue weighted by Crippen LogP contribution is 2.29. The zero-order chi connectivity index (χ0) is 18.9. The van der Waals surface area contributed by atoms with Crippen molar-refractivity contribution in [3.05, 3.63) is 48.5 Å². The van der Waals surface area contributed by atoms with Crippen LogP contribution in [0.2, 0.25) is 0 Å². The second kappa shape index (κ2) is 9.86. The zero-order valence-electron chi connectivity index (χ0n) is 15.9. The van der Waals surface area contributed by atoms with Gasteiger partial charge in [0, 0.05) is 19.5 Å². The van der Waals surface area contributed by atoms with Crippen molar-refractivity contribution in [2.45, 2.75) is 32.6 Å². The summed E-state index contributed by atoms with van der Waals surface area (Å²) < 4.78 is 11.3. The molecule has 5 heteroatoms. The summed E-state index contributed by atoms with van der Waals surface area (Å²) in [4.78, 5) is 14.7. The fourth-order valence-electron chi connectivity index (χ4n) is 3.28. The van der Waals surface area contributed by atoms with Gasteiger partial charge in [0.25, 0.3) is 0 Å². The Bertz CT molecular complexity index is 742. The van der Waals surface area contributed by atoms with E-state index in [1.807, 2.05) is 49.4 Å². The minimum Gasteiger partial charge on any atom is -0.490 e. The molecule has 1 heterocycles. The number of nitrogens with zero attached hydrogens (tertiary/aromatic N) is 1. The fraction of sp³-hybridized carbons (Fsp3) is 0.409. The van der Waals surface area contributed by atoms with Crippen molar-refractivity contribution in [1.82, 2.24) is 0 Å². The van der Waals surface area contributed by atoms with Gasteiger partial charge in [0.1, 0.15) is 0 Å². The predicted octanol–water partition coefficient (Wildman–Crippen LogP) is 4.48. The number of nitrogens with one attached hydrogen (secondary N) is 1. The lowest BCUT2D eigenvalue weighted by Crippen LogP contribution is -2.21. The van der Waals surface area contributed by atoms with Crippen LogP contribution in [-0.4, -0.2) is 32.2 Å². The minimum atomic E-state index is 0.0170. The second-order valence-corrected chi connectivity index (χ2v) is 6.59. The predicted molar refractivity (Wildman–Crippen MR) is 109 cm³/mol. The summed E-state index contributed by atoms with van der Waals surface area (Å²) in [5.41, 5.74) is 2.01. The number of anilines is 2. The summed E-state index contributed by atoms with van der Waals surface area (Å²) in [6.07, 6.45) is 3.50. The van der Waals surface area contributed by atoms with Crippen molar-refractivity contribution < 1.29 is 14.3 Å². The topological polar surface area (TPSA) is 50.8 Å². The molecule has 0 saturated carbocycles. The number of amides is 1. The molecule has 2 aromatic carbocycles. The van der Waals surface area contributed by atoms with Crippen LogP contribution in [0.15, 0.2) is 48.5 Å². The standard InChI is InChI=1S/C22H28N2O3/c1-2-26-20-12-5-6-13-21(20)27-17-9-14-22(25)23-18-10-3-4-11-19(18)24-15-7-8-16-24/h3-6,10-13H,2,7-9,14-17H2,1H3,(H,23,25). The molecular formula is C22H28N2O3. The van der Waals surface area contributed by atoms with Crippen LogP contribution >= 0.6 is 0 Å². The van der Waals surface area contributed by atoms with Gasteiger partial charge in [-0.2, -0.15) is 0 Å². The van der Waals surface area contributed by atoms with Crippen LogP contribution in [0.1, 0.15) is 32.6 Å². The molecule has 0 unspecified atom stereocenters. The minimum absolute atomic E-state index is 0.0170. The van der Waals surface area contributed by atoms with Crippen LogP contribution in [0.5, 0.6) is 11.5 Å². The van der Waals surface area contributed by atoms with Crippen LogP contribution in [0.3, 0.4) is 0 Å². The van der Waals surface area contributed by atoms with Gasteiger partial charge in [-0.05, 0) is 50.5 Å². The van der Waals surface area contributed by atoms with Crippen molar-refractivity contribution >= 4 is 17.3 Å². The van der Waals surface area contributed by atoms with Crippen molar-refractivity contribution in [2.24, 2.45) is 0 Å². The van der Waals surface area contributed by atoms with Crippen LogP contribution in [0.25, 0.3) is 0 Å². The molecule has 27 heavy (non-hydrogen) atoms. The van der Waals surface area contributed by atoms with E-state index in [2.05, 4.69) is 16.3 Å². The average Bonchev–Trinajstić information content (AvgIpc) is 3.22. The van der Waals surface area contributed by atoms with Crippen LogP contribution in [0.4, 0.5) is 11.4 Å². The SMILES string of the molecule is CCOc1ccccc1OCCCC(=O)Nc1ccccc1N1CCCC1. The highest BCUT2D eigenvalue weighted by Gasteiger charge is 2.16. The largest absolute Gasteiger partial charge is 0.490 e. The van der Waals surface area contributed by atoms with E-state index >= 15 is 0 Å². The molecule has 1 aliphatic rings. The Morgan fingerprint density at radius 1 is 1.00 bits per heavy atom. The number of hydrogen-bond acceptors (Lipinski definition) is 4. The Kier molecular flexibility index (Phi) is 6.97. The van der Waals surface area contributed by atoms with Gasteiger partial charge >= 0.3 is 0 Å². The van der Waals surface area contributed by atoms with Gasteiger partial charge in [-0.3, -0.25) is 4.79 Å². The number of hydrogen-bond donors (Lipinski definition) is 1. The van der Waals surface area contributed by atoms with E-state index in [1.165, 1.54) is 12.8 Å². The summed E-state index contributed by atoms with van der Waals surface area (Å²) in [7, 11) is 0. The maximum absolute atomic E-state index is 12.4. The number of para-hydroxylation sites is 4. The van der Waals surface area contributed by atoms with E-state index < -0.39 is 0 Å². The summed E-state index contributed by atoms with van der Waals surface area (Å²) in [6, 6.07) is 15.6. The Balaban J connectivity index is 1.47. The van der Waals surface area contributed by atoms with Crippen molar-refractivity contribution in [1.29, 1.82) is 0 Å². The van der Waals surface area contributed by atoms with Gasteiger partial charge in [0.05, 0.1) is 24.6 Å². The van der Waals surface area contributed by atoms with Crippen LogP contribution in [-0.2, 0) is 4.79 Å². The van der Waals surface area contributed by atoms with Gasteiger partial charge in [-0.25, -0.2) is 0 Å². The molecule has 144 valence electrons. The molecule has 0 aromatic heterocycles. The molecule has 0 radical (unpaired) electrons. The first-order chi connectivity index (χ1) is 13.3. The third-order valence-corrected chi connectivity index (χ3v) is 4.58. The maximum atomic E-state index is 12.4. The Morgan fingerprint density at radius 2 is 1.67 bits per heavy atom. The van der Waals surface area contributed by atoms with Crippen molar-refractivity contribution in [2.75, 3.05) is 36.5 Å². The number of rotatable bonds is 9. The highest BCUT2D eigenvalue weighted by atomic mass is 16.5. The molecule has 1 amide bonds. The summed E-state index contributed by atoms with van der Waals surface area (Å²) >= 11 is 0. The summed E-state index contributed by atoms with van der Waals surface area (Å²) in [5, 5.41) is 3.06. The maximum Gasteiger partial charge on any atom is 0.224 e. The van der Waals surface area contributed by atoms with E-state index in [4.69, 9.17) is 9.47 Å². The lowest BCUT2D eigenvalue weighted by molar-refractivity contribution is -0.116. The highest BCUT2D eigenvalue weighted by molar-refractivity contribution is 5.94. The average molecular weight is 368 g/mol. The van der Waals surface area contributed by atoms with Crippen molar-refractivity contribution in [3.63, 3.8) is 0 Å². The Morgan fingerprint density at radius 3 is 2.41 bits per heavy atom. The van der Waals surface area contributed by atoms with Gasteiger partial charge in [-0.1, -0.05) is 24.3 Å². The van der Waals surface area contributed by atoms with E-state index in [0.29, 0.717) is 26.1 Å². The Labute approximate surface area is 161 Å². The molecule has 5 nitrogen and oxygen atoms in total. The first-order valence-electron chi connectivity index (χ1n) is 9.76. The lowest BCUT2D eigenvalue weighted by Gasteiger charge is -2.21. The van der Waals surface area contributed by atoms with E-state index in [1.54, 1.807) is 0 Å². The summed E-state index contributed by atoms with van der Waals surface area (Å²) in [5.74, 6) is 1.48. The molecule has 1 aliphatic heterocycles. The van der Waals surface area contributed by atoms with E-state index in [9.17, 15) is 4.79 Å². The Hall–Kier alpha value is -2.69. The van der Waals surface area contributed by atoms with Gasteiger partial charge in [0.2, 0.25) is 5.91 Å². The monoisotopic (exact) mass is 368 g/mol. The molecule has 1 fully saturated rings. The zero-order valence-corrected chi connectivity index (χ0v) is 15.9. The third-order valence-electron chi connectivity index (χ3n) is 4.58. The smallest absolute Gasteiger partial charge is 0.224 e. The van der Waals surface area contributed by atoms with Crippen LogP contribution in [0, 0.1) is 0 Å². The second-order valence-electron chi connectivity index (χ2n) is 6.59. The molecule has 0 atom stereocenters. The van der Waals surface area contributed by atoms with E-state index in [-0.39, 0.29) is 5.91 Å². The molecule has 3 rings (SSSR count). The first kappa shape index (κ1) is 19.1. The summed E-state index contributed by atoms with van der Waals surface area (Å²) in [6.45, 7) is 5.13. The number of carbonyl (C=O) groups is 1. The lowest BCUT2D eigenvalue weighted by atomic mass is 10.2. The van der Waals surface area contributed by atoms with Crippen LogP contribution < -0.4 is 19.7 Å². The van der Waals surface area contributed by atoms with Gasteiger partial charge in [0.15, 0.2) is 11.5 Å². The molecule has 0 aliphatic carbocycles. The molecule has 1 saturated heterocycles. The number of carbonyl (C=O) groups excluding carboxylic acids is 1. The number of ether oxygens (including phenoxy) is 2. The normalized spacial score (nSPS) is 13.4.